The first-order chi connectivity index (χ1) is 23.4. The van der Waals surface area contributed by atoms with Crippen LogP contribution in [-0.2, 0) is 31.3 Å². The number of nitrogens with zero attached hydrogens (tertiary/aromatic N) is 2. The van der Waals surface area contributed by atoms with E-state index in [1.54, 1.807) is 25.3 Å². The van der Waals surface area contributed by atoms with Crippen molar-refractivity contribution in [1.82, 2.24) is 4.72 Å². The van der Waals surface area contributed by atoms with Gasteiger partial charge in [-0.1, -0.05) is 29.8 Å². The van der Waals surface area contributed by atoms with Crippen LogP contribution in [0.5, 0.6) is 5.75 Å². The molecule has 2 bridgehead atoms. The lowest BCUT2D eigenvalue weighted by Crippen LogP contribution is -2.49. The number of halogens is 4. The predicted molar refractivity (Wildman–Crippen MR) is 183 cm³/mol. The summed E-state index contributed by atoms with van der Waals surface area (Å²) in [6.07, 6.45) is 3.13. The molecule has 6 rings (SSSR count). The minimum atomic E-state index is -4.41. The molecule has 2 aromatic rings. The van der Waals surface area contributed by atoms with Crippen LogP contribution < -0.4 is 14.4 Å². The van der Waals surface area contributed by atoms with E-state index >= 15 is 0 Å². The van der Waals surface area contributed by atoms with Gasteiger partial charge < -0.3 is 14.4 Å². The van der Waals surface area contributed by atoms with Gasteiger partial charge in [0.25, 0.3) is 5.91 Å². The number of hydrogen-bond donors (Lipinski definition) is 1. The number of carbonyl (C=O) groups excluding carboxylic acids is 2. The zero-order valence-corrected chi connectivity index (χ0v) is 29.2. The van der Waals surface area contributed by atoms with Crippen LogP contribution in [0.2, 0.25) is 5.02 Å². The lowest BCUT2D eigenvalue weighted by molar-refractivity contribution is -0.137. The highest BCUT2D eigenvalue weighted by molar-refractivity contribution is 7.92. The number of nitrogens with one attached hydrogen (secondary N) is 1. The van der Waals surface area contributed by atoms with Gasteiger partial charge >= 0.3 is 6.18 Å². The molecule has 2 aliphatic carbocycles. The number of hydrogen-bond acceptors (Lipinski definition) is 6. The molecule has 0 radical (unpaired) electrons. The smallest absolute Gasteiger partial charge is 0.389 e. The number of fused-ring (bicyclic) bond motifs is 4. The van der Waals surface area contributed by atoms with E-state index in [0.717, 1.165) is 44.3 Å². The molecule has 1 fully saturated rings. The Labute approximate surface area is 291 Å². The molecular formula is C36H43ClF3N3O5S. The predicted octanol–water partition coefficient (Wildman–Crippen LogP) is 7.58. The number of ether oxygens (including phenoxy) is 2. The summed E-state index contributed by atoms with van der Waals surface area (Å²) in [5, 5.41) is 0.704. The normalized spacial score (nSPS) is 29.4. The summed E-state index contributed by atoms with van der Waals surface area (Å²) in [6, 6.07) is 11.2. The van der Waals surface area contributed by atoms with Gasteiger partial charge in [-0.15, -0.1) is 4.36 Å². The van der Waals surface area contributed by atoms with Crippen molar-refractivity contribution in [3.05, 3.63) is 70.3 Å². The largest absolute Gasteiger partial charge is 0.490 e. The number of benzene rings is 2. The van der Waals surface area contributed by atoms with Gasteiger partial charge in [-0.2, -0.15) is 13.2 Å². The maximum absolute atomic E-state index is 14.0. The molecule has 1 N–H and O–H groups in total. The van der Waals surface area contributed by atoms with Crippen LogP contribution in [0.3, 0.4) is 0 Å². The highest BCUT2D eigenvalue weighted by Gasteiger charge is 2.44. The van der Waals surface area contributed by atoms with E-state index in [4.69, 9.17) is 21.1 Å². The zero-order valence-electron chi connectivity index (χ0n) is 27.6. The van der Waals surface area contributed by atoms with Gasteiger partial charge in [0.2, 0.25) is 5.91 Å². The van der Waals surface area contributed by atoms with E-state index in [9.17, 15) is 27.0 Å². The van der Waals surface area contributed by atoms with Crippen molar-refractivity contribution in [1.29, 1.82) is 0 Å². The van der Waals surface area contributed by atoms with E-state index in [2.05, 4.69) is 20.1 Å². The van der Waals surface area contributed by atoms with Crippen molar-refractivity contribution in [3.8, 4) is 5.75 Å². The van der Waals surface area contributed by atoms with Gasteiger partial charge in [-0.25, -0.2) is 4.21 Å². The van der Waals surface area contributed by atoms with Crippen LogP contribution in [0.4, 0.5) is 18.9 Å². The number of carbonyl (C=O) groups is 2. The Morgan fingerprint density at radius 2 is 2.04 bits per heavy atom. The highest BCUT2D eigenvalue weighted by Crippen LogP contribution is 2.47. The van der Waals surface area contributed by atoms with Crippen molar-refractivity contribution in [2.24, 2.45) is 16.2 Å². The SMILES string of the molecule is CO[C@H]1/C=C/CCC[S@@](=O)(NC(=O)CCCC(F)(F)F)=NC(=O)c2ccc3c(c2)N(C[C@@H]2CC[C@H]21)C[C@@]1(CCCc2cc(Cl)ccc21)CO3. The topological polar surface area (TPSA) is 97.3 Å². The summed E-state index contributed by atoms with van der Waals surface area (Å²) in [5.74, 6) is -0.488. The summed E-state index contributed by atoms with van der Waals surface area (Å²) >= 11 is 6.41. The molecule has 1 spiro atoms. The molecule has 2 heterocycles. The Kier molecular flexibility index (Phi) is 10.7. The van der Waals surface area contributed by atoms with E-state index in [0.29, 0.717) is 42.7 Å². The number of aryl methyl sites for hydroxylation is 1. The van der Waals surface area contributed by atoms with E-state index in [1.165, 1.54) is 11.1 Å². The fourth-order valence-corrected chi connectivity index (χ4v) is 9.61. The van der Waals surface area contributed by atoms with Crippen LogP contribution in [-0.4, -0.2) is 60.9 Å². The van der Waals surface area contributed by atoms with Gasteiger partial charge in [0.05, 0.1) is 24.2 Å². The molecular weight excluding hydrogens is 679 g/mol. The highest BCUT2D eigenvalue weighted by atomic mass is 35.5. The monoisotopic (exact) mass is 721 g/mol. The van der Waals surface area contributed by atoms with Crippen LogP contribution in [0, 0.1) is 11.8 Å². The number of anilines is 1. The standard InChI is InChI=1S/C36H43ClF3N3O5S/c1-47-31-8-3-2-4-18-49(46,41-33(44)9-6-17-36(38,39)40)42-34(45)25-11-15-32-30(20-25)43(21-26-10-13-28(26)31)22-35(23-48-32)16-5-7-24-19-27(37)12-14-29(24)35/h3,8,11-12,14-15,19-20,26,28,31H,2,4-7,9-10,13,16-18,21-23H2,1H3,(H,41,42,44,45,46)/b8-3+/t26-,28+,31-,35-,49+/m0/s1. The second-order valence-corrected chi connectivity index (χ2v) is 16.3. The number of rotatable bonds is 5. The molecule has 1 saturated carbocycles. The van der Waals surface area contributed by atoms with Crippen LogP contribution in [0.25, 0.3) is 0 Å². The summed E-state index contributed by atoms with van der Waals surface area (Å²) < 4.78 is 70.9. The molecule has 5 atom stereocenters. The van der Waals surface area contributed by atoms with Gasteiger partial charge in [-0.3, -0.25) is 14.3 Å². The molecule has 0 saturated heterocycles. The fourth-order valence-electron chi connectivity index (χ4n) is 7.79. The van der Waals surface area contributed by atoms with Crippen molar-refractivity contribution in [2.45, 2.75) is 81.9 Å². The van der Waals surface area contributed by atoms with Gasteiger partial charge in [0.15, 0.2) is 0 Å². The Hall–Kier alpha value is -3.09. The molecule has 49 heavy (non-hydrogen) atoms. The summed E-state index contributed by atoms with van der Waals surface area (Å²) in [6.45, 7) is 1.83. The molecule has 2 aromatic carbocycles. The number of alkyl halides is 3. The second kappa shape index (κ2) is 14.6. The molecule has 13 heteroatoms. The quantitative estimate of drug-likeness (QED) is 0.320. The zero-order chi connectivity index (χ0) is 34.8. The van der Waals surface area contributed by atoms with Crippen molar-refractivity contribution in [2.75, 3.05) is 37.5 Å². The summed E-state index contributed by atoms with van der Waals surface area (Å²) in [5.41, 5.74) is 3.06. The first-order valence-electron chi connectivity index (χ1n) is 17.0. The first kappa shape index (κ1) is 35.7. The lowest BCUT2D eigenvalue weighted by atomic mass is 9.68. The molecule has 0 unspecified atom stereocenters. The molecule has 4 aliphatic rings. The molecule has 2 aliphatic heterocycles. The van der Waals surface area contributed by atoms with Gasteiger partial charge in [-0.05, 0) is 105 Å². The fraction of sp³-hybridized carbons (Fsp3) is 0.556. The number of amides is 2. The summed E-state index contributed by atoms with van der Waals surface area (Å²) in [7, 11) is -1.93. The minimum absolute atomic E-state index is 0.115. The van der Waals surface area contributed by atoms with Crippen LogP contribution in [0.1, 0.15) is 79.3 Å². The van der Waals surface area contributed by atoms with E-state index in [1.807, 2.05) is 24.3 Å². The first-order valence-corrected chi connectivity index (χ1v) is 19.1. The van der Waals surface area contributed by atoms with E-state index in [-0.39, 0.29) is 28.8 Å². The third-order valence-electron chi connectivity index (χ3n) is 10.4. The number of methoxy groups -OCH3 is 1. The van der Waals surface area contributed by atoms with Crippen molar-refractivity contribution in [3.63, 3.8) is 0 Å². The van der Waals surface area contributed by atoms with Crippen molar-refractivity contribution >= 4 is 39.0 Å². The Bertz CT molecular complexity index is 1730. The van der Waals surface area contributed by atoms with Crippen LogP contribution >= 0.6 is 11.6 Å². The van der Waals surface area contributed by atoms with Gasteiger partial charge in [0, 0.05) is 49.0 Å². The lowest BCUT2D eigenvalue weighted by Gasteiger charge is -2.46. The maximum atomic E-state index is 14.0. The van der Waals surface area contributed by atoms with Crippen LogP contribution in [0.15, 0.2) is 52.9 Å². The minimum Gasteiger partial charge on any atom is -0.490 e. The Morgan fingerprint density at radius 3 is 2.80 bits per heavy atom. The molecule has 8 nitrogen and oxygen atoms in total. The van der Waals surface area contributed by atoms with E-state index < -0.39 is 47.2 Å². The second-order valence-electron chi connectivity index (χ2n) is 13.8. The average molecular weight is 722 g/mol. The summed E-state index contributed by atoms with van der Waals surface area (Å²) in [4.78, 5) is 28.6. The average Bonchev–Trinajstić information content (AvgIpc) is 3.17. The van der Waals surface area contributed by atoms with Crippen molar-refractivity contribution < 1.29 is 36.4 Å². The Balaban J connectivity index is 1.37. The Morgan fingerprint density at radius 1 is 1.20 bits per heavy atom. The molecule has 2 amide bonds. The third-order valence-corrected chi connectivity index (χ3v) is 12.5. The number of allylic oxidation sites excluding steroid dienone is 1. The van der Waals surface area contributed by atoms with Gasteiger partial charge in [0.1, 0.15) is 15.7 Å². The maximum Gasteiger partial charge on any atom is 0.389 e. The third kappa shape index (κ3) is 8.28. The molecule has 266 valence electrons. The molecule has 0 aromatic heterocycles.